The number of aromatic nitrogens is 2. The van der Waals surface area contributed by atoms with Crippen molar-refractivity contribution in [1.82, 2.24) is 9.55 Å². The van der Waals surface area contributed by atoms with Crippen LogP contribution in [0.2, 0.25) is 0 Å². The van der Waals surface area contributed by atoms with Crippen molar-refractivity contribution < 1.29 is 0 Å². The number of imidazole rings is 1. The van der Waals surface area contributed by atoms with Gasteiger partial charge in [0.2, 0.25) is 0 Å². The molecule has 1 aliphatic rings. The fourth-order valence-corrected chi connectivity index (χ4v) is 4.06. The van der Waals surface area contributed by atoms with Crippen LogP contribution in [0.5, 0.6) is 0 Å². The quantitative estimate of drug-likeness (QED) is 0.500. The molecule has 0 spiro atoms. The zero-order chi connectivity index (χ0) is 14.2. The summed E-state index contributed by atoms with van der Waals surface area (Å²) in [5.41, 5.74) is 2.70. The minimum Gasteiger partial charge on any atom is -0.326 e. The van der Waals surface area contributed by atoms with E-state index in [2.05, 4.69) is 52.3 Å². The van der Waals surface area contributed by atoms with E-state index in [0.29, 0.717) is 11.3 Å². The van der Waals surface area contributed by atoms with Crippen molar-refractivity contribution in [1.29, 1.82) is 0 Å². The number of nitrogens with zero attached hydrogens (tertiary/aromatic N) is 2. The topological polar surface area (TPSA) is 17.8 Å². The molecule has 1 aromatic carbocycles. The molecule has 0 bridgehead atoms. The van der Waals surface area contributed by atoms with Gasteiger partial charge < -0.3 is 4.57 Å². The Bertz CT molecular complexity index is 614. The van der Waals surface area contributed by atoms with Crippen molar-refractivity contribution >= 4 is 45.2 Å². The second kappa shape index (κ2) is 5.84. The molecular weight excluding hydrogens is 383 g/mol. The highest BCUT2D eigenvalue weighted by Crippen LogP contribution is 2.38. The maximum absolute atomic E-state index is 6.12. The number of alkyl halides is 1. The van der Waals surface area contributed by atoms with Crippen LogP contribution in [0, 0.1) is 8.99 Å². The van der Waals surface area contributed by atoms with Crippen molar-refractivity contribution in [3.8, 4) is 0 Å². The van der Waals surface area contributed by atoms with Crippen LogP contribution in [0.25, 0.3) is 11.0 Å². The summed E-state index contributed by atoms with van der Waals surface area (Å²) in [6.07, 6.45) is 6.74. The molecule has 0 aliphatic heterocycles. The molecule has 2 aromatic rings. The van der Waals surface area contributed by atoms with Crippen LogP contribution in [0.15, 0.2) is 18.2 Å². The first-order valence-electron chi connectivity index (χ1n) is 7.32. The van der Waals surface area contributed by atoms with E-state index in [-0.39, 0.29) is 0 Å². The van der Waals surface area contributed by atoms with Crippen LogP contribution < -0.4 is 0 Å². The van der Waals surface area contributed by atoms with Crippen LogP contribution in [-0.4, -0.2) is 9.55 Å². The highest BCUT2D eigenvalue weighted by molar-refractivity contribution is 14.1. The Morgan fingerprint density at radius 3 is 2.75 bits per heavy atom. The first-order valence-corrected chi connectivity index (χ1v) is 8.93. The van der Waals surface area contributed by atoms with Crippen LogP contribution in [-0.2, 0) is 12.4 Å². The van der Waals surface area contributed by atoms with E-state index in [9.17, 15) is 0 Å². The normalized spacial score (nSPS) is 18.6. The molecule has 20 heavy (non-hydrogen) atoms. The average molecular weight is 403 g/mol. The van der Waals surface area contributed by atoms with Gasteiger partial charge in [-0.25, -0.2) is 4.98 Å². The molecule has 2 nitrogen and oxygen atoms in total. The summed E-state index contributed by atoms with van der Waals surface area (Å²) in [6, 6.07) is 6.49. The van der Waals surface area contributed by atoms with Gasteiger partial charge in [0, 0.05) is 10.1 Å². The van der Waals surface area contributed by atoms with Gasteiger partial charge in [-0.1, -0.05) is 26.2 Å². The summed E-state index contributed by atoms with van der Waals surface area (Å²) >= 11 is 8.46. The number of fused-ring (bicyclic) bond motifs is 1. The lowest BCUT2D eigenvalue weighted by Gasteiger charge is -2.34. The molecule has 108 valence electrons. The van der Waals surface area contributed by atoms with Crippen LogP contribution in [0.1, 0.15) is 44.9 Å². The summed E-state index contributed by atoms with van der Waals surface area (Å²) in [4.78, 5) is 4.71. The van der Waals surface area contributed by atoms with Gasteiger partial charge in [0.15, 0.2) is 0 Å². The molecular formula is C16H20ClIN2. The van der Waals surface area contributed by atoms with E-state index in [1.807, 2.05) is 0 Å². The smallest absolute Gasteiger partial charge is 0.124 e. The standard InChI is InChI=1S/C16H20ClIN2/c1-16(7-3-2-4-8-16)11-20-14-6-5-12(18)9-13(14)19-15(20)10-17/h5-6,9H,2-4,7-8,10-11H2,1H3. The third-order valence-electron chi connectivity index (χ3n) is 4.51. The first-order chi connectivity index (χ1) is 9.61. The molecule has 4 heteroatoms. The average Bonchev–Trinajstić information content (AvgIpc) is 2.76. The highest BCUT2D eigenvalue weighted by Gasteiger charge is 2.28. The van der Waals surface area contributed by atoms with Crippen molar-refractivity contribution in [2.24, 2.45) is 5.41 Å². The van der Waals surface area contributed by atoms with Gasteiger partial charge in [0.05, 0.1) is 16.9 Å². The molecule has 0 amide bonds. The Labute approximate surface area is 139 Å². The van der Waals surface area contributed by atoms with Gasteiger partial charge in [0.25, 0.3) is 0 Å². The monoisotopic (exact) mass is 402 g/mol. The molecule has 0 radical (unpaired) electrons. The molecule has 1 aliphatic carbocycles. The summed E-state index contributed by atoms with van der Waals surface area (Å²) in [6.45, 7) is 3.47. The SMILES string of the molecule is CC1(Cn2c(CCl)nc3cc(I)ccc32)CCCCC1. The molecule has 0 saturated heterocycles. The molecule has 1 saturated carbocycles. The first kappa shape index (κ1) is 14.6. The Kier molecular flexibility index (Phi) is 4.27. The van der Waals surface area contributed by atoms with E-state index < -0.39 is 0 Å². The van der Waals surface area contributed by atoms with Gasteiger partial charge in [-0.05, 0) is 59.0 Å². The predicted molar refractivity (Wildman–Crippen MR) is 93.2 cm³/mol. The van der Waals surface area contributed by atoms with Crippen molar-refractivity contribution in [2.75, 3.05) is 0 Å². The molecule has 0 unspecified atom stereocenters. The summed E-state index contributed by atoms with van der Waals surface area (Å²) in [5, 5.41) is 0. The third kappa shape index (κ3) is 2.84. The Morgan fingerprint density at radius 2 is 2.05 bits per heavy atom. The third-order valence-corrected chi connectivity index (χ3v) is 5.42. The lowest BCUT2D eigenvalue weighted by molar-refractivity contribution is 0.184. The molecule has 1 fully saturated rings. The fourth-order valence-electron chi connectivity index (χ4n) is 3.38. The highest BCUT2D eigenvalue weighted by atomic mass is 127. The largest absolute Gasteiger partial charge is 0.326 e. The van der Waals surface area contributed by atoms with Crippen LogP contribution in [0.4, 0.5) is 0 Å². The Balaban J connectivity index is 2.01. The van der Waals surface area contributed by atoms with Crippen molar-refractivity contribution in [2.45, 2.75) is 51.5 Å². The van der Waals surface area contributed by atoms with E-state index in [4.69, 9.17) is 16.6 Å². The number of benzene rings is 1. The lowest BCUT2D eigenvalue weighted by Crippen LogP contribution is -2.26. The molecule has 1 aromatic heterocycles. The second-order valence-electron chi connectivity index (χ2n) is 6.25. The molecule has 3 rings (SSSR count). The maximum Gasteiger partial charge on any atom is 0.124 e. The zero-order valence-electron chi connectivity index (χ0n) is 11.8. The van der Waals surface area contributed by atoms with Crippen LogP contribution in [0.3, 0.4) is 0 Å². The maximum atomic E-state index is 6.12. The summed E-state index contributed by atoms with van der Waals surface area (Å²) in [5.74, 6) is 1.50. The van der Waals surface area contributed by atoms with Gasteiger partial charge >= 0.3 is 0 Å². The molecule has 0 N–H and O–H groups in total. The molecule has 0 atom stereocenters. The predicted octanol–water partition coefficient (Wildman–Crippen LogP) is 5.35. The second-order valence-corrected chi connectivity index (χ2v) is 7.77. The Morgan fingerprint density at radius 1 is 1.30 bits per heavy atom. The Hall–Kier alpha value is -0.290. The minimum atomic E-state index is 0.398. The van der Waals surface area contributed by atoms with Gasteiger partial charge in [-0.3, -0.25) is 0 Å². The lowest BCUT2D eigenvalue weighted by atomic mass is 9.75. The number of rotatable bonds is 3. The molecule has 1 heterocycles. The van der Waals surface area contributed by atoms with Crippen molar-refractivity contribution in [3.05, 3.63) is 27.6 Å². The minimum absolute atomic E-state index is 0.398. The fraction of sp³-hybridized carbons (Fsp3) is 0.562. The number of hydrogen-bond acceptors (Lipinski definition) is 1. The van der Waals surface area contributed by atoms with E-state index in [1.54, 1.807) is 0 Å². The zero-order valence-corrected chi connectivity index (χ0v) is 14.7. The number of hydrogen-bond donors (Lipinski definition) is 0. The number of halogens is 2. The summed E-state index contributed by atoms with van der Waals surface area (Å²) < 4.78 is 3.58. The van der Waals surface area contributed by atoms with E-state index >= 15 is 0 Å². The van der Waals surface area contributed by atoms with Gasteiger partial charge in [-0.2, -0.15) is 0 Å². The van der Waals surface area contributed by atoms with Crippen molar-refractivity contribution in [3.63, 3.8) is 0 Å². The van der Waals surface area contributed by atoms with Gasteiger partial charge in [0.1, 0.15) is 5.82 Å². The van der Waals surface area contributed by atoms with Gasteiger partial charge in [-0.15, -0.1) is 11.6 Å². The van der Waals surface area contributed by atoms with E-state index in [1.165, 1.54) is 41.2 Å². The summed E-state index contributed by atoms with van der Waals surface area (Å²) in [7, 11) is 0. The van der Waals surface area contributed by atoms with E-state index in [0.717, 1.165) is 17.9 Å². The van der Waals surface area contributed by atoms with Crippen LogP contribution >= 0.6 is 34.2 Å².